The maximum Gasteiger partial charge on any atom is 0.251 e. The summed E-state index contributed by atoms with van der Waals surface area (Å²) >= 11 is 0. The lowest BCUT2D eigenvalue weighted by Gasteiger charge is -2.23. The minimum atomic E-state index is 0. The van der Waals surface area contributed by atoms with Crippen LogP contribution < -0.4 is 10.6 Å². The maximum atomic E-state index is 12.2. The lowest BCUT2D eigenvalue weighted by Crippen LogP contribution is -2.28. The average Bonchev–Trinajstić information content (AvgIpc) is 2.45. The van der Waals surface area contributed by atoms with Gasteiger partial charge in [0.2, 0.25) is 0 Å². The number of hydrogen-bond acceptors (Lipinski definition) is 2. The van der Waals surface area contributed by atoms with Gasteiger partial charge in [0.25, 0.3) is 5.91 Å². The first kappa shape index (κ1) is 18.0. The Balaban J connectivity index is 0.00000220. The van der Waals surface area contributed by atoms with Crippen molar-refractivity contribution in [2.45, 2.75) is 39.5 Å². The van der Waals surface area contributed by atoms with E-state index in [1.54, 1.807) is 0 Å². The van der Waals surface area contributed by atoms with Gasteiger partial charge in [-0.25, -0.2) is 0 Å². The Hall–Kier alpha value is -1.06. The van der Waals surface area contributed by atoms with Gasteiger partial charge in [0.1, 0.15) is 0 Å². The minimum absolute atomic E-state index is 0. The van der Waals surface area contributed by atoms with E-state index < -0.39 is 0 Å². The molecule has 1 fully saturated rings. The van der Waals surface area contributed by atoms with Gasteiger partial charge in [0, 0.05) is 12.1 Å². The highest BCUT2D eigenvalue weighted by Crippen LogP contribution is 2.26. The van der Waals surface area contributed by atoms with Gasteiger partial charge in [0.15, 0.2) is 0 Å². The highest BCUT2D eigenvalue weighted by molar-refractivity contribution is 5.94. The summed E-state index contributed by atoms with van der Waals surface area (Å²) in [5.41, 5.74) is 3.30. The lowest BCUT2D eigenvalue weighted by atomic mass is 9.88. The Kier molecular flexibility index (Phi) is 7.20. The molecule has 118 valence electrons. The second kappa shape index (κ2) is 8.40. The van der Waals surface area contributed by atoms with Gasteiger partial charge in [-0.3, -0.25) is 4.79 Å². The molecule has 1 amide bonds. The third-order valence-electron chi connectivity index (χ3n) is 3.84. The molecule has 0 atom stereocenters. The number of carbonyl (C=O) groups excluding carboxylic acids is 1. The van der Waals surface area contributed by atoms with Crippen molar-refractivity contribution in [1.82, 2.24) is 10.6 Å². The minimum Gasteiger partial charge on any atom is -0.352 e. The summed E-state index contributed by atoms with van der Waals surface area (Å²) in [5, 5.41) is 6.39. The third-order valence-corrected chi connectivity index (χ3v) is 3.84. The molecule has 0 aliphatic carbocycles. The Labute approximate surface area is 134 Å². The maximum absolute atomic E-state index is 12.2. The molecule has 1 aromatic carbocycles. The van der Waals surface area contributed by atoms with Gasteiger partial charge in [0.05, 0.1) is 0 Å². The number of rotatable bonds is 4. The summed E-state index contributed by atoms with van der Waals surface area (Å²) in [6, 6.07) is 6.30. The number of halogens is 1. The van der Waals surface area contributed by atoms with Gasteiger partial charge >= 0.3 is 0 Å². The van der Waals surface area contributed by atoms with Crippen molar-refractivity contribution in [3.63, 3.8) is 0 Å². The highest BCUT2D eigenvalue weighted by Gasteiger charge is 2.17. The molecule has 0 spiro atoms. The Morgan fingerprint density at radius 2 is 1.95 bits per heavy atom. The molecule has 0 radical (unpaired) electrons. The van der Waals surface area contributed by atoms with Gasteiger partial charge < -0.3 is 10.6 Å². The zero-order valence-corrected chi connectivity index (χ0v) is 14.1. The Morgan fingerprint density at radius 1 is 1.29 bits per heavy atom. The molecular formula is C17H27ClN2O. The lowest BCUT2D eigenvalue weighted by molar-refractivity contribution is 0.0949. The quantitative estimate of drug-likeness (QED) is 0.896. The normalized spacial score (nSPS) is 15.6. The molecule has 0 unspecified atom stereocenters. The molecule has 21 heavy (non-hydrogen) atoms. The van der Waals surface area contributed by atoms with E-state index in [2.05, 4.69) is 43.5 Å². The van der Waals surface area contributed by atoms with E-state index in [9.17, 15) is 4.79 Å². The topological polar surface area (TPSA) is 41.1 Å². The van der Waals surface area contributed by atoms with E-state index in [0.717, 1.165) is 38.0 Å². The molecule has 1 aromatic rings. The van der Waals surface area contributed by atoms with Crippen LogP contribution in [0.5, 0.6) is 0 Å². The fraction of sp³-hybridized carbons (Fsp3) is 0.588. The summed E-state index contributed by atoms with van der Waals surface area (Å²) in [7, 11) is 0. The fourth-order valence-corrected chi connectivity index (χ4v) is 2.73. The molecule has 0 aromatic heterocycles. The van der Waals surface area contributed by atoms with E-state index in [4.69, 9.17) is 0 Å². The first-order chi connectivity index (χ1) is 9.56. The smallest absolute Gasteiger partial charge is 0.251 e. The van der Waals surface area contributed by atoms with Crippen LogP contribution in [-0.4, -0.2) is 25.5 Å². The standard InChI is InChI=1S/C17H26N2O.ClH/c1-12(2)11-19-17(20)16-9-13(3)8-15(10-16)14-4-6-18-7-5-14;/h8-10,12,14,18H,4-7,11H2,1-3H3,(H,19,20);1H. The van der Waals surface area contributed by atoms with Crippen LogP contribution in [0.25, 0.3) is 0 Å². The number of piperidine rings is 1. The highest BCUT2D eigenvalue weighted by atomic mass is 35.5. The second-order valence-corrected chi connectivity index (χ2v) is 6.26. The van der Waals surface area contributed by atoms with Crippen molar-refractivity contribution in [3.05, 3.63) is 34.9 Å². The van der Waals surface area contributed by atoms with Crippen LogP contribution in [-0.2, 0) is 0 Å². The summed E-state index contributed by atoms with van der Waals surface area (Å²) in [6.07, 6.45) is 2.33. The fourth-order valence-electron chi connectivity index (χ4n) is 2.73. The van der Waals surface area contributed by atoms with Crippen LogP contribution in [0.1, 0.15) is 54.1 Å². The van der Waals surface area contributed by atoms with Crippen LogP contribution in [0.4, 0.5) is 0 Å². The average molecular weight is 311 g/mol. The number of carbonyl (C=O) groups is 1. The third kappa shape index (κ3) is 5.33. The van der Waals surface area contributed by atoms with Gasteiger partial charge in [-0.15, -0.1) is 12.4 Å². The zero-order valence-electron chi connectivity index (χ0n) is 13.2. The summed E-state index contributed by atoms with van der Waals surface area (Å²) < 4.78 is 0. The molecule has 0 bridgehead atoms. The van der Waals surface area contributed by atoms with E-state index in [0.29, 0.717) is 11.8 Å². The predicted octanol–water partition coefficient (Wildman–Crippen LogP) is 3.27. The van der Waals surface area contributed by atoms with Crippen molar-refractivity contribution >= 4 is 18.3 Å². The number of aryl methyl sites for hydroxylation is 1. The molecule has 0 saturated carbocycles. The molecule has 2 rings (SSSR count). The SMILES string of the molecule is Cc1cc(C(=O)NCC(C)C)cc(C2CCNCC2)c1.Cl. The predicted molar refractivity (Wildman–Crippen MR) is 90.4 cm³/mol. The largest absolute Gasteiger partial charge is 0.352 e. The number of nitrogens with one attached hydrogen (secondary N) is 2. The van der Waals surface area contributed by atoms with Crippen molar-refractivity contribution < 1.29 is 4.79 Å². The molecule has 4 heteroatoms. The Bertz CT molecular complexity index is 468. The zero-order chi connectivity index (χ0) is 14.5. The number of benzene rings is 1. The molecule has 1 aliphatic heterocycles. The second-order valence-electron chi connectivity index (χ2n) is 6.26. The van der Waals surface area contributed by atoms with Crippen molar-refractivity contribution in [1.29, 1.82) is 0 Å². The van der Waals surface area contributed by atoms with Gasteiger partial charge in [-0.05, 0) is 62.4 Å². The van der Waals surface area contributed by atoms with E-state index in [-0.39, 0.29) is 18.3 Å². The first-order valence-corrected chi connectivity index (χ1v) is 7.66. The van der Waals surface area contributed by atoms with E-state index in [1.807, 2.05) is 6.07 Å². The van der Waals surface area contributed by atoms with E-state index >= 15 is 0 Å². The first-order valence-electron chi connectivity index (χ1n) is 7.66. The van der Waals surface area contributed by atoms with Gasteiger partial charge in [-0.1, -0.05) is 25.5 Å². The van der Waals surface area contributed by atoms with E-state index in [1.165, 1.54) is 11.1 Å². The van der Waals surface area contributed by atoms with Crippen LogP contribution in [0, 0.1) is 12.8 Å². The number of amides is 1. The number of hydrogen-bond donors (Lipinski definition) is 2. The van der Waals surface area contributed by atoms with Crippen LogP contribution >= 0.6 is 12.4 Å². The van der Waals surface area contributed by atoms with Crippen LogP contribution in [0.2, 0.25) is 0 Å². The van der Waals surface area contributed by atoms with Crippen LogP contribution in [0.15, 0.2) is 18.2 Å². The van der Waals surface area contributed by atoms with Crippen molar-refractivity contribution in [3.8, 4) is 0 Å². The van der Waals surface area contributed by atoms with Gasteiger partial charge in [-0.2, -0.15) is 0 Å². The summed E-state index contributed by atoms with van der Waals surface area (Å²) in [5.74, 6) is 1.12. The molecule has 1 heterocycles. The monoisotopic (exact) mass is 310 g/mol. The molecular weight excluding hydrogens is 284 g/mol. The Morgan fingerprint density at radius 3 is 2.57 bits per heavy atom. The summed E-state index contributed by atoms with van der Waals surface area (Å²) in [4.78, 5) is 12.2. The molecule has 3 nitrogen and oxygen atoms in total. The molecule has 2 N–H and O–H groups in total. The van der Waals surface area contributed by atoms with Crippen LogP contribution in [0.3, 0.4) is 0 Å². The molecule has 1 saturated heterocycles. The summed E-state index contributed by atoms with van der Waals surface area (Å²) in [6.45, 7) is 9.17. The molecule has 1 aliphatic rings. The van der Waals surface area contributed by atoms with Crippen molar-refractivity contribution in [2.24, 2.45) is 5.92 Å². The van der Waals surface area contributed by atoms with Crippen molar-refractivity contribution in [2.75, 3.05) is 19.6 Å².